The van der Waals surface area contributed by atoms with Gasteiger partial charge in [-0.3, -0.25) is 0 Å². The fourth-order valence-corrected chi connectivity index (χ4v) is 3.33. The van der Waals surface area contributed by atoms with E-state index >= 15 is 0 Å². The third-order valence-corrected chi connectivity index (χ3v) is 4.45. The van der Waals surface area contributed by atoms with Crippen LogP contribution < -0.4 is 0 Å². The van der Waals surface area contributed by atoms with Crippen LogP contribution in [0.25, 0.3) is 0 Å². The first kappa shape index (κ1) is 16.2. The average Bonchev–Trinajstić information content (AvgIpc) is 2.88. The quantitative estimate of drug-likeness (QED) is 0.859. The van der Waals surface area contributed by atoms with Crippen LogP contribution in [0.4, 0.5) is 0 Å². The van der Waals surface area contributed by atoms with Crippen molar-refractivity contribution in [3.63, 3.8) is 0 Å². The summed E-state index contributed by atoms with van der Waals surface area (Å²) in [5.41, 5.74) is 2.56. The second kappa shape index (κ2) is 7.19. The third-order valence-electron chi connectivity index (χ3n) is 3.58. The van der Waals surface area contributed by atoms with Crippen molar-refractivity contribution in [2.24, 2.45) is 0 Å². The van der Waals surface area contributed by atoms with Crippen LogP contribution >= 0.6 is 11.3 Å². The summed E-state index contributed by atoms with van der Waals surface area (Å²) in [7, 11) is 0. The first-order valence-electron chi connectivity index (χ1n) is 7.62. The van der Waals surface area contributed by atoms with Gasteiger partial charge in [-0.05, 0) is 24.8 Å². The molecule has 0 radical (unpaired) electrons. The number of aliphatic hydroxyl groups is 1. The molecule has 0 saturated carbocycles. The molecule has 114 valence electrons. The van der Waals surface area contributed by atoms with E-state index in [1.807, 2.05) is 6.07 Å². The maximum Gasteiger partial charge on any atom is 0.0954 e. The molecule has 0 spiro atoms. The van der Waals surface area contributed by atoms with Gasteiger partial charge in [0.05, 0.1) is 16.8 Å². The third kappa shape index (κ3) is 5.25. The molecule has 2 aromatic rings. The summed E-state index contributed by atoms with van der Waals surface area (Å²) in [5.74, 6) is 0. The number of aromatic nitrogens is 1. The molecule has 1 atom stereocenters. The number of hydrogen-bond donors (Lipinski definition) is 1. The number of nitrogens with zero attached hydrogens (tertiary/aromatic N) is 1. The molecule has 2 rings (SSSR count). The highest BCUT2D eigenvalue weighted by molar-refractivity contribution is 7.09. The van der Waals surface area contributed by atoms with Gasteiger partial charge < -0.3 is 5.11 Å². The molecule has 0 aliphatic carbocycles. The second-order valence-corrected chi connectivity index (χ2v) is 7.55. The van der Waals surface area contributed by atoms with Gasteiger partial charge in [0.25, 0.3) is 0 Å². The van der Waals surface area contributed by atoms with Gasteiger partial charge in [0.1, 0.15) is 0 Å². The van der Waals surface area contributed by atoms with Crippen LogP contribution in [-0.4, -0.2) is 16.2 Å². The summed E-state index contributed by atoms with van der Waals surface area (Å²) in [6, 6.07) is 10.4. The second-order valence-electron chi connectivity index (χ2n) is 6.61. The number of aliphatic hydroxyl groups excluding tert-OH is 1. The SMILES string of the molecule is CC(C)(C)c1csc(CC(O)CCCc2ccccc2)n1. The van der Waals surface area contributed by atoms with Gasteiger partial charge in [-0.1, -0.05) is 51.1 Å². The number of benzene rings is 1. The molecule has 1 aromatic heterocycles. The predicted octanol–water partition coefficient (Wildman–Crippen LogP) is 4.37. The predicted molar refractivity (Wildman–Crippen MR) is 89.9 cm³/mol. The number of aryl methyl sites for hydroxylation is 1. The molecule has 0 fully saturated rings. The lowest BCUT2D eigenvalue weighted by molar-refractivity contribution is 0.162. The monoisotopic (exact) mass is 303 g/mol. The van der Waals surface area contributed by atoms with Crippen LogP contribution in [0.3, 0.4) is 0 Å². The Morgan fingerprint density at radius 1 is 1.19 bits per heavy atom. The van der Waals surface area contributed by atoms with Gasteiger partial charge in [0, 0.05) is 17.2 Å². The molecule has 0 aliphatic rings. The molecule has 2 nitrogen and oxygen atoms in total. The number of rotatable bonds is 6. The van der Waals surface area contributed by atoms with Gasteiger partial charge >= 0.3 is 0 Å². The highest BCUT2D eigenvalue weighted by atomic mass is 32.1. The van der Waals surface area contributed by atoms with Crippen molar-refractivity contribution in [1.82, 2.24) is 4.98 Å². The largest absolute Gasteiger partial charge is 0.393 e. The maximum absolute atomic E-state index is 10.2. The molecule has 1 heterocycles. The van der Waals surface area contributed by atoms with Crippen LogP contribution in [0.5, 0.6) is 0 Å². The molecule has 0 amide bonds. The van der Waals surface area contributed by atoms with Crippen molar-refractivity contribution in [3.05, 3.63) is 52.0 Å². The Hall–Kier alpha value is -1.19. The van der Waals surface area contributed by atoms with Crippen LogP contribution in [0.2, 0.25) is 0 Å². The number of thiazole rings is 1. The van der Waals surface area contributed by atoms with Crippen LogP contribution in [-0.2, 0) is 18.3 Å². The minimum atomic E-state index is -0.285. The molecule has 1 aromatic carbocycles. The van der Waals surface area contributed by atoms with Crippen molar-refractivity contribution in [1.29, 1.82) is 0 Å². The summed E-state index contributed by atoms with van der Waals surface area (Å²) in [6.45, 7) is 6.51. The summed E-state index contributed by atoms with van der Waals surface area (Å²) in [4.78, 5) is 4.65. The molecule has 3 heteroatoms. The molecule has 0 saturated heterocycles. The van der Waals surface area contributed by atoms with Gasteiger partial charge in [0.15, 0.2) is 0 Å². The van der Waals surface area contributed by atoms with E-state index in [-0.39, 0.29) is 11.5 Å². The zero-order valence-electron chi connectivity index (χ0n) is 13.2. The zero-order valence-corrected chi connectivity index (χ0v) is 14.0. The Kier molecular flexibility index (Phi) is 5.54. The minimum Gasteiger partial charge on any atom is -0.393 e. The van der Waals surface area contributed by atoms with Gasteiger partial charge in [0.2, 0.25) is 0 Å². The lowest BCUT2D eigenvalue weighted by Crippen LogP contribution is -2.13. The fraction of sp³-hybridized carbons (Fsp3) is 0.500. The van der Waals surface area contributed by atoms with Gasteiger partial charge in [-0.2, -0.15) is 0 Å². The highest BCUT2D eigenvalue weighted by Crippen LogP contribution is 2.24. The summed E-state index contributed by atoms with van der Waals surface area (Å²) in [6.07, 6.45) is 3.27. The first-order valence-corrected chi connectivity index (χ1v) is 8.50. The molecular formula is C18H25NOS. The van der Waals surface area contributed by atoms with Crippen molar-refractivity contribution < 1.29 is 5.11 Å². The normalized spacial score (nSPS) is 13.3. The van der Waals surface area contributed by atoms with Crippen molar-refractivity contribution in [2.75, 3.05) is 0 Å². The van der Waals surface area contributed by atoms with E-state index in [9.17, 15) is 5.11 Å². The van der Waals surface area contributed by atoms with Gasteiger partial charge in [-0.25, -0.2) is 4.98 Å². The molecule has 1 N–H and O–H groups in total. The van der Waals surface area contributed by atoms with Crippen molar-refractivity contribution >= 4 is 11.3 Å². The molecule has 0 aliphatic heterocycles. The fourth-order valence-electron chi connectivity index (χ4n) is 2.24. The molecule has 1 unspecified atom stereocenters. The van der Waals surface area contributed by atoms with E-state index in [0.29, 0.717) is 6.42 Å². The van der Waals surface area contributed by atoms with E-state index < -0.39 is 0 Å². The summed E-state index contributed by atoms with van der Waals surface area (Å²) < 4.78 is 0. The standard InChI is InChI=1S/C18H25NOS/c1-18(2,3)16-13-21-17(19-16)12-15(20)11-7-10-14-8-5-4-6-9-14/h4-6,8-9,13,15,20H,7,10-12H2,1-3H3. The van der Waals surface area contributed by atoms with E-state index in [2.05, 4.69) is 55.4 Å². The topological polar surface area (TPSA) is 33.1 Å². The Balaban J connectivity index is 1.77. The van der Waals surface area contributed by atoms with Crippen LogP contribution in [0, 0.1) is 0 Å². The first-order chi connectivity index (χ1) is 9.95. The highest BCUT2D eigenvalue weighted by Gasteiger charge is 2.18. The summed E-state index contributed by atoms with van der Waals surface area (Å²) >= 11 is 1.66. The van der Waals surface area contributed by atoms with E-state index in [0.717, 1.165) is 30.0 Å². The minimum absolute atomic E-state index is 0.0903. The van der Waals surface area contributed by atoms with E-state index in [4.69, 9.17) is 0 Å². The Labute approximate surface area is 131 Å². The van der Waals surface area contributed by atoms with Crippen LogP contribution in [0.15, 0.2) is 35.7 Å². The Bertz CT molecular complexity index is 542. The van der Waals surface area contributed by atoms with E-state index in [1.54, 1.807) is 11.3 Å². The lowest BCUT2D eigenvalue weighted by Gasteiger charge is -2.14. The van der Waals surface area contributed by atoms with Crippen molar-refractivity contribution in [3.8, 4) is 0 Å². The summed E-state index contributed by atoms with van der Waals surface area (Å²) in [5, 5.41) is 13.3. The molecular weight excluding hydrogens is 278 g/mol. The Morgan fingerprint density at radius 2 is 1.90 bits per heavy atom. The van der Waals surface area contributed by atoms with E-state index in [1.165, 1.54) is 5.56 Å². The maximum atomic E-state index is 10.2. The van der Waals surface area contributed by atoms with Crippen molar-refractivity contribution in [2.45, 2.75) is 58.0 Å². The zero-order chi connectivity index (χ0) is 15.3. The molecule has 0 bridgehead atoms. The Morgan fingerprint density at radius 3 is 2.52 bits per heavy atom. The lowest BCUT2D eigenvalue weighted by atomic mass is 9.93. The van der Waals surface area contributed by atoms with Crippen LogP contribution in [0.1, 0.15) is 49.9 Å². The smallest absolute Gasteiger partial charge is 0.0954 e. The number of hydrogen-bond acceptors (Lipinski definition) is 3. The molecule has 21 heavy (non-hydrogen) atoms. The average molecular weight is 303 g/mol. The van der Waals surface area contributed by atoms with Gasteiger partial charge in [-0.15, -0.1) is 11.3 Å².